The standard InChI is InChI=1S/C6H13NO2.C4H6O2/c8-4-1-7-2-5-9-6-3-7;1-3(2)4(5)6/h8H,1-6H2;1H2,2H3,(H,5,6). The van der Waals surface area contributed by atoms with Crippen LogP contribution in [0.25, 0.3) is 0 Å². The van der Waals surface area contributed by atoms with Crippen molar-refractivity contribution in [3.8, 4) is 0 Å². The number of carbonyl (C=O) groups is 1. The van der Waals surface area contributed by atoms with Crippen LogP contribution >= 0.6 is 0 Å². The number of rotatable bonds is 3. The highest BCUT2D eigenvalue weighted by atomic mass is 16.5. The van der Waals surface area contributed by atoms with E-state index in [1.165, 1.54) is 6.92 Å². The Labute approximate surface area is 90.0 Å². The lowest BCUT2D eigenvalue weighted by atomic mass is 10.4. The molecule has 0 aromatic heterocycles. The minimum atomic E-state index is -0.935. The number of nitrogens with zero attached hydrogens (tertiary/aromatic N) is 1. The number of β-amino-alcohol motifs (C(OH)–C–C–N with tert-alkyl or cyclic N) is 1. The van der Waals surface area contributed by atoms with E-state index in [2.05, 4.69) is 11.5 Å². The smallest absolute Gasteiger partial charge is 0.330 e. The van der Waals surface area contributed by atoms with Crippen molar-refractivity contribution in [3.05, 3.63) is 12.2 Å². The first-order valence-electron chi connectivity index (χ1n) is 4.87. The van der Waals surface area contributed by atoms with Gasteiger partial charge in [-0.2, -0.15) is 0 Å². The van der Waals surface area contributed by atoms with E-state index in [1.54, 1.807) is 0 Å². The van der Waals surface area contributed by atoms with Crippen LogP contribution in [0.4, 0.5) is 0 Å². The monoisotopic (exact) mass is 217 g/mol. The fourth-order valence-electron chi connectivity index (χ4n) is 0.966. The van der Waals surface area contributed by atoms with Crippen LogP contribution in [0.15, 0.2) is 12.2 Å². The highest BCUT2D eigenvalue weighted by Crippen LogP contribution is 1.94. The van der Waals surface area contributed by atoms with Crippen molar-refractivity contribution in [2.45, 2.75) is 6.92 Å². The molecule has 1 aliphatic rings. The third-order valence-electron chi connectivity index (χ3n) is 1.89. The number of ether oxygens (including phenoxy) is 1. The minimum Gasteiger partial charge on any atom is -0.478 e. The number of hydrogen-bond donors (Lipinski definition) is 2. The molecule has 0 aliphatic carbocycles. The van der Waals surface area contributed by atoms with Gasteiger partial charge in [-0.25, -0.2) is 4.79 Å². The molecule has 0 aromatic carbocycles. The second-order valence-electron chi connectivity index (χ2n) is 3.26. The highest BCUT2D eigenvalue weighted by molar-refractivity contribution is 5.84. The summed E-state index contributed by atoms with van der Waals surface area (Å²) in [6.07, 6.45) is 0. The first kappa shape index (κ1) is 14.1. The average Bonchev–Trinajstić information content (AvgIpc) is 2.20. The van der Waals surface area contributed by atoms with E-state index in [-0.39, 0.29) is 12.2 Å². The van der Waals surface area contributed by atoms with Crippen LogP contribution in [0.1, 0.15) is 6.92 Å². The summed E-state index contributed by atoms with van der Waals surface area (Å²) in [5.41, 5.74) is 0.176. The van der Waals surface area contributed by atoms with Gasteiger partial charge in [0.25, 0.3) is 0 Å². The van der Waals surface area contributed by atoms with Gasteiger partial charge in [0.2, 0.25) is 0 Å². The molecule has 0 aromatic rings. The zero-order valence-corrected chi connectivity index (χ0v) is 9.11. The lowest BCUT2D eigenvalue weighted by Gasteiger charge is -2.25. The van der Waals surface area contributed by atoms with E-state index < -0.39 is 5.97 Å². The van der Waals surface area contributed by atoms with Gasteiger partial charge in [0, 0.05) is 25.2 Å². The fraction of sp³-hybridized carbons (Fsp3) is 0.700. The number of morpholine rings is 1. The van der Waals surface area contributed by atoms with Crippen LogP contribution in [0.5, 0.6) is 0 Å². The van der Waals surface area contributed by atoms with Gasteiger partial charge in [-0.15, -0.1) is 0 Å². The van der Waals surface area contributed by atoms with Crippen molar-refractivity contribution >= 4 is 5.97 Å². The lowest BCUT2D eigenvalue weighted by molar-refractivity contribution is -0.132. The molecule has 0 spiro atoms. The molecule has 0 saturated carbocycles. The molecule has 1 fully saturated rings. The van der Waals surface area contributed by atoms with E-state index in [4.69, 9.17) is 14.9 Å². The first-order valence-corrected chi connectivity index (χ1v) is 4.87. The molecule has 0 unspecified atom stereocenters. The van der Waals surface area contributed by atoms with Gasteiger partial charge in [-0.3, -0.25) is 4.90 Å². The average molecular weight is 217 g/mol. The van der Waals surface area contributed by atoms with Crippen LogP contribution in [-0.4, -0.2) is 60.5 Å². The zero-order valence-electron chi connectivity index (χ0n) is 9.11. The Hall–Kier alpha value is -0.910. The Kier molecular flexibility index (Phi) is 7.89. The molecule has 1 aliphatic heterocycles. The SMILES string of the molecule is C=C(C)C(=O)O.OCCN1CCOCC1. The zero-order chi connectivity index (χ0) is 11.7. The Balaban J connectivity index is 0.000000288. The molecule has 15 heavy (non-hydrogen) atoms. The molecular formula is C10H19NO4. The minimum absolute atomic E-state index is 0.176. The number of carboxylic acids is 1. The molecule has 88 valence electrons. The van der Waals surface area contributed by atoms with Crippen molar-refractivity contribution in [2.75, 3.05) is 39.5 Å². The maximum Gasteiger partial charge on any atom is 0.330 e. The van der Waals surface area contributed by atoms with Gasteiger partial charge in [-0.1, -0.05) is 6.58 Å². The Bertz CT molecular complexity index is 185. The van der Waals surface area contributed by atoms with Crippen LogP contribution in [0.2, 0.25) is 0 Å². The lowest BCUT2D eigenvalue weighted by Crippen LogP contribution is -2.37. The van der Waals surface area contributed by atoms with Crippen LogP contribution < -0.4 is 0 Å². The van der Waals surface area contributed by atoms with Crippen molar-refractivity contribution in [2.24, 2.45) is 0 Å². The summed E-state index contributed by atoms with van der Waals surface area (Å²) >= 11 is 0. The maximum atomic E-state index is 9.60. The van der Waals surface area contributed by atoms with Crippen molar-refractivity contribution < 1.29 is 19.7 Å². The van der Waals surface area contributed by atoms with Crippen LogP contribution in [0, 0.1) is 0 Å². The Morgan fingerprint density at radius 2 is 1.93 bits per heavy atom. The molecule has 1 rings (SSSR count). The second kappa shape index (κ2) is 8.40. The van der Waals surface area contributed by atoms with Gasteiger partial charge in [-0.05, 0) is 6.92 Å². The van der Waals surface area contributed by atoms with E-state index in [0.717, 1.165) is 32.8 Å². The van der Waals surface area contributed by atoms with Gasteiger partial charge >= 0.3 is 5.97 Å². The van der Waals surface area contributed by atoms with Gasteiger partial charge in [0.1, 0.15) is 0 Å². The van der Waals surface area contributed by atoms with Crippen LogP contribution in [-0.2, 0) is 9.53 Å². The Morgan fingerprint density at radius 1 is 1.47 bits per heavy atom. The van der Waals surface area contributed by atoms with Crippen molar-refractivity contribution in [1.82, 2.24) is 4.90 Å². The molecule has 5 nitrogen and oxygen atoms in total. The Morgan fingerprint density at radius 3 is 2.27 bits per heavy atom. The highest BCUT2D eigenvalue weighted by Gasteiger charge is 2.07. The van der Waals surface area contributed by atoms with E-state index >= 15 is 0 Å². The van der Waals surface area contributed by atoms with E-state index in [9.17, 15) is 4.79 Å². The molecule has 1 heterocycles. The van der Waals surface area contributed by atoms with E-state index in [0.29, 0.717) is 0 Å². The molecule has 5 heteroatoms. The first-order chi connectivity index (χ1) is 7.07. The summed E-state index contributed by atoms with van der Waals surface area (Å²) in [7, 11) is 0. The van der Waals surface area contributed by atoms with Crippen molar-refractivity contribution in [1.29, 1.82) is 0 Å². The number of aliphatic carboxylic acids is 1. The predicted octanol–water partition coefficient (Wildman–Crippen LogP) is -0.0420. The van der Waals surface area contributed by atoms with Gasteiger partial charge in [0.05, 0.1) is 19.8 Å². The number of aliphatic hydroxyl groups is 1. The molecule has 1 saturated heterocycles. The molecule has 2 N–H and O–H groups in total. The fourth-order valence-corrected chi connectivity index (χ4v) is 0.966. The number of carboxylic acid groups (broad SMARTS) is 1. The van der Waals surface area contributed by atoms with Gasteiger partial charge < -0.3 is 14.9 Å². The molecule has 0 bridgehead atoms. The summed E-state index contributed by atoms with van der Waals surface area (Å²) in [6, 6.07) is 0. The largest absolute Gasteiger partial charge is 0.478 e. The van der Waals surface area contributed by atoms with Gasteiger partial charge in [0.15, 0.2) is 0 Å². The molecule has 0 radical (unpaired) electrons. The normalized spacial score (nSPS) is 16.4. The third-order valence-corrected chi connectivity index (χ3v) is 1.89. The molecule has 0 amide bonds. The topological polar surface area (TPSA) is 70.0 Å². The number of aliphatic hydroxyl groups excluding tert-OH is 1. The summed E-state index contributed by atoms with van der Waals surface area (Å²) in [5.74, 6) is -0.935. The molecular weight excluding hydrogens is 198 g/mol. The summed E-state index contributed by atoms with van der Waals surface area (Å²) in [5, 5.41) is 16.4. The van der Waals surface area contributed by atoms with E-state index in [1.807, 2.05) is 0 Å². The van der Waals surface area contributed by atoms with Crippen molar-refractivity contribution in [3.63, 3.8) is 0 Å². The quantitative estimate of drug-likeness (QED) is 0.649. The summed E-state index contributed by atoms with van der Waals surface area (Å²) < 4.78 is 5.12. The molecule has 0 atom stereocenters. The van der Waals surface area contributed by atoms with Crippen LogP contribution in [0.3, 0.4) is 0 Å². The maximum absolute atomic E-state index is 9.60. The number of hydrogen-bond acceptors (Lipinski definition) is 4. The third kappa shape index (κ3) is 8.11. The second-order valence-corrected chi connectivity index (χ2v) is 3.26. The predicted molar refractivity (Wildman–Crippen MR) is 56.8 cm³/mol. The summed E-state index contributed by atoms with van der Waals surface area (Å²) in [6.45, 7) is 9.25. The summed E-state index contributed by atoms with van der Waals surface area (Å²) in [4.78, 5) is 11.8.